The Morgan fingerprint density at radius 2 is 1.76 bits per heavy atom. The van der Waals surface area contributed by atoms with Crippen LogP contribution in [-0.4, -0.2) is 27.0 Å². The van der Waals surface area contributed by atoms with Gasteiger partial charge in [0.2, 0.25) is 5.91 Å². The minimum atomic E-state index is -2.10. The number of anilines is 1. The Balaban J connectivity index is 2.04. The highest BCUT2D eigenvalue weighted by Gasteiger charge is 2.70. The SMILES string of the molecule is O=C1C2C=CC=C([N+](=O)[O-])C2(C(=O)O)C(c2ccccc2)N1c1ccc(O)cc1. The topological polar surface area (TPSA) is 121 Å². The average Bonchev–Trinajstić information content (AvgIpc) is 2.99. The van der Waals surface area contributed by atoms with Crippen LogP contribution in [0.25, 0.3) is 0 Å². The summed E-state index contributed by atoms with van der Waals surface area (Å²) in [4.78, 5) is 38.4. The van der Waals surface area contributed by atoms with E-state index >= 15 is 0 Å². The van der Waals surface area contributed by atoms with Crippen LogP contribution < -0.4 is 4.90 Å². The van der Waals surface area contributed by atoms with Gasteiger partial charge in [0, 0.05) is 11.8 Å². The average molecular weight is 392 g/mol. The predicted octanol–water partition coefficient (Wildman–Crippen LogP) is 2.90. The predicted molar refractivity (Wildman–Crippen MR) is 103 cm³/mol. The third-order valence-corrected chi connectivity index (χ3v) is 5.46. The molecule has 0 spiro atoms. The number of carboxylic acids is 1. The second-order valence-corrected chi connectivity index (χ2v) is 6.88. The van der Waals surface area contributed by atoms with Crippen LogP contribution in [0, 0.1) is 21.4 Å². The van der Waals surface area contributed by atoms with E-state index in [1.54, 1.807) is 30.3 Å². The maximum absolute atomic E-state index is 13.4. The zero-order valence-corrected chi connectivity index (χ0v) is 15.0. The molecular weight excluding hydrogens is 376 g/mol. The third kappa shape index (κ3) is 2.53. The summed E-state index contributed by atoms with van der Waals surface area (Å²) in [6, 6.07) is 13.0. The molecule has 0 aromatic heterocycles. The highest BCUT2D eigenvalue weighted by molar-refractivity contribution is 6.06. The first-order chi connectivity index (χ1) is 13.9. The van der Waals surface area contributed by atoms with Gasteiger partial charge in [-0.1, -0.05) is 42.5 Å². The third-order valence-electron chi connectivity index (χ3n) is 5.46. The van der Waals surface area contributed by atoms with Gasteiger partial charge in [0.25, 0.3) is 5.70 Å². The molecule has 1 fully saturated rings. The molecule has 0 radical (unpaired) electrons. The zero-order chi connectivity index (χ0) is 20.8. The summed E-state index contributed by atoms with van der Waals surface area (Å²) in [7, 11) is 0. The van der Waals surface area contributed by atoms with Crippen LogP contribution >= 0.6 is 0 Å². The van der Waals surface area contributed by atoms with E-state index in [9.17, 15) is 29.9 Å². The molecule has 8 nitrogen and oxygen atoms in total. The van der Waals surface area contributed by atoms with Gasteiger partial charge in [-0.15, -0.1) is 0 Å². The van der Waals surface area contributed by atoms with Gasteiger partial charge in [-0.05, 0) is 29.8 Å². The Bertz CT molecular complexity index is 1060. The fraction of sp³-hybridized carbons (Fsp3) is 0.143. The van der Waals surface area contributed by atoms with Gasteiger partial charge in [-0.3, -0.25) is 19.7 Å². The lowest BCUT2D eigenvalue weighted by Crippen LogP contribution is -2.46. The number of carbonyl (C=O) groups excluding carboxylic acids is 1. The van der Waals surface area contributed by atoms with Crippen molar-refractivity contribution in [1.82, 2.24) is 0 Å². The monoisotopic (exact) mass is 392 g/mol. The molecule has 2 aliphatic rings. The van der Waals surface area contributed by atoms with Crippen LogP contribution in [0.3, 0.4) is 0 Å². The van der Waals surface area contributed by atoms with Crippen molar-refractivity contribution in [2.45, 2.75) is 6.04 Å². The lowest BCUT2D eigenvalue weighted by molar-refractivity contribution is -0.441. The maximum atomic E-state index is 13.4. The van der Waals surface area contributed by atoms with Crippen LogP contribution in [0.15, 0.2) is 78.5 Å². The van der Waals surface area contributed by atoms with E-state index in [1.165, 1.54) is 41.3 Å². The largest absolute Gasteiger partial charge is 0.508 e. The molecule has 1 aliphatic carbocycles. The van der Waals surface area contributed by atoms with Crippen LogP contribution in [0.4, 0.5) is 5.69 Å². The standard InChI is InChI=1S/C21H16N2O6/c24-15-11-9-14(10-12-15)22-18(13-5-2-1-3-6-13)21(20(26)27)16(19(22)25)7-4-8-17(21)23(28)29/h1-12,16,18,24H,(H,26,27). The van der Waals surface area contributed by atoms with Crippen molar-refractivity contribution in [1.29, 1.82) is 0 Å². The lowest BCUT2D eigenvalue weighted by Gasteiger charge is -2.34. The van der Waals surface area contributed by atoms with Gasteiger partial charge in [-0.2, -0.15) is 0 Å². The van der Waals surface area contributed by atoms with Crippen LogP contribution in [0.5, 0.6) is 5.75 Å². The fourth-order valence-corrected chi connectivity index (χ4v) is 4.28. The number of carboxylic acid groups (broad SMARTS) is 1. The number of nitrogens with zero attached hydrogens (tertiary/aromatic N) is 2. The van der Waals surface area contributed by atoms with Crippen molar-refractivity contribution in [3.05, 3.63) is 94.2 Å². The molecular formula is C21H16N2O6. The molecule has 3 atom stereocenters. The molecule has 0 bridgehead atoms. The minimum Gasteiger partial charge on any atom is -0.508 e. The number of hydrogen-bond acceptors (Lipinski definition) is 5. The molecule has 0 saturated carbocycles. The molecule has 1 aliphatic heterocycles. The molecule has 2 aromatic carbocycles. The first kappa shape index (κ1) is 18.4. The van der Waals surface area contributed by atoms with E-state index in [0.29, 0.717) is 11.3 Å². The lowest BCUT2D eigenvalue weighted by atomic mass is 9.66. The van der Waals surface area contributed by atoms with Gasteiger partial charge < -0.3 is 15.1 Å². The minimum absolute atomic E-state index is 0.0206. The molecule has 146 valence electrons. The van der Waals surface area contributed by atoms with Gasteiger partial charge in [0.15, 0.2) is 5.41 Å². The Labute approximate surface area is 165 Å². The second kappa shape index (κ2) is 6.59. The van der Waals surface area contributed by atoms with Crippen LogP contribution in [-0.2, 0) is 9.59 Å². The molecule has 2 aromatic rings. The zero-order valence-electron chi connectivity index (χ0n) is 15.0. The van der Waals surface area contributed by atoms with Crippen molar-refractivity contribution < 1.29 is 24.7 Å². The molecule has 2 N–H and O–H groups in total. The number of aliphatic carboxylic acids is 1. The molecule has 29 heavy (non-hydrogen) atoms. The van der Waals surface area contributed by atoms with Crippen molar-refractivity contribution in [3.63, 3.8) is 0 Å². The number of rotatable bonds is 4. The van der Waals surface area contributed by atoms with Crippen molar-refractivity contribution in [2.24, 2.45) is 11.3 Å². The quantitative estimate of drug-likeness (QED) is 0.610. The fourth-order valence-electron chi connectivity index (χ4n) is 4.28. The number of hydrogen-bond donors (Lipinski definition) is 2. The van der Waals surface area contributed by atoms with Crippen LogP contribution in [0.1, 0.15) is 11.6 Å². The number of benzene rings is 2. The number of phenols is 1. The summed E-state index contributed by atoms with van der Waals surface area (Å²) in [6.45, 7) is 0. The Morgan fingerprint density at radius 3 is 2.34 bits per heavy atom. The number of aromatic hydroxyl groups is 1. The summed E-state index contributed by atoms with van der Waals surface area (Å²) in [5.74, 6) is -3.27. The molecule has 1 heterocycles. The summed E-state index contributed by atoms with van der Waals surface area (Å²) in [5.41, 5.74) is -1.84. The highest BCUT2D eigenvalue weighted by atomic mass is 16.6. The van der Waals surface area contributed by atoms with Gasteiger partial charge in [0.1, 0.15) is 5.75 Å². The van der Waals surface area contributed by atoms with E-state index in [-0.39, 0.29) is 5.75 Å². The first-order valence-corrected chi connectivity index (χ1v) is 8.83. The number of phenolic OH excluding ortho intramolecular Hbond substituents is 1. The van der Waals surface area contributed by atoms with E-state index in [4.69, 9.17) is 0 Å². The summed E-state index contributed by atoms with van der Waals surface area (Å²) in [5, 5.41) is 31.7. The van der Waals surface area contributed by atoms with Crippen LogP contribution in [0.2, 0.25) is 0 Å². The molecule has 1 amide bonds. The number of amides is 1. The Hall–Kier alpha value is -3.94. The highest BCUT2D eigenvalue weighted by Crippen LogP contribution is 2.58. The van der Waals surface area contributed by atoms with E-state index in [2.05, 4.69) is 0 Å². The first-order valence-electron chi connectivity index (χ1n) is 8.83. The van der Waals surface area contributed by atoms with E-state index < -0.39 is 39.9 Å². The number of nitro groups is 1. The van der Waals surface area contributed by atoms with Gasteiger partial charge in [0.05, 0.1) is 16.9 Å². The van der Waals surface area contributed by atoms with Crippen molar-refractivity contribution in [3.8, 4) is 5.75 Å². The maximum Gasteiger partial charge on any atom is 0.324 e. The Morgan fingerprint density at radius 1 is 1.10 bits per heavy atom. The van der Waals surface area contributed by atoms with Gasteiger partial charge in [-0.25, -0.2) is 0 Å². The number of fused-ring (bicyclic) bond motifs is 1. The molecule has 8 heteroatoms. The van der Waals surface area contributed by atoms with Crippen molar-refractivity contribution >= 4 is 17.6 Å². The van der Waals surface area contributed by atoms with Crippen molar-refractivity contribution in [2.75, 3.05) is 4.90 Å². The number of allylic oxidation sites excluding steroid dienone is 2. The molecule has 4 rings (SSSR count). The smallest absolute Gasteiger partial charge is 0.324 e. The van der Waals surface area contributed by atoms with Gasteiger partial charge >= 0.3 is 5.97 Å². The molecule has 3 unspecified atom stereocenters. The van der Waals surface area contributed by atoms with E-state index in [0.717, 1.165) is 6.08 Å². The Kier molecular flexibility index (Phi) is 4.19. The number of carbonyl (C=O) groups is 2. The molecule has 1 saturated heterocycles. The summed E-state index contributed by atoms with van der Waals surface area (Å²) < 4.78 is 0. The summed E-state index contributed by atoms with van der Waals surface area (Å²) in [6.07, 6.45) is 3.90. The normalized spacial score (nSPS) is 25.4. The second-order valence-electron chi connectivity index (χ2n) is 6.88. The van der Waals surface area contributed by atoms with E-state index in [1.807, 2.05) is 0 Å². The summed E-state index contributed by atoms with van der Waals surface area (Å²) >= 11 is 0.